The van der Waals surface area contributed by atoms with Crippen LogP contribution in [-0.4, -0.2) is 37.2 Å². The second kappa shape index (κ2) is 71.1. The molecule has 0 aliphatic rings. The molecule has 6 nitrogen and oxygen atoms in total. The molecule has 0 spiro atoms. The lowest BCUT2D eigenvalue weighted by Crippen LogP contribution is -2.30. The highest BCUT2D eigenvalue weighted by Gasteiger charge is 2.19. The predicted octanol–water partition coefficient (Wildman–Crippen LogP) is 25.0. The summed E-state index contributed by atoms with van der Waals surface area (Å²) < 4.78 is 17.0. The number of hydrogen-bond donors (Lipinski definition) is 0. The van der Waals surface area contributed by atoms with E-state index in [1.54, 1.807) is 0 Å². The monoisotopic (exact) mass is 1160 g/mol. The van der Waals surface area contributed by atoms with Gasteiger partial charge >= 0.3 is 17.9 Å². The first-order valence-electron chi connectivity index (χ1n) is 36.1. The van der Waals surface area contributed by atoms with Crippen LogP contribution in [0.3, 0.4) is 0 Å². The zero-order chi connectivity index (χ0) is 59.9. The summed E-state index contributed by atoms with van der Waals surface area (Å²) in [6, 6.07) is 0. The molecule has 83 heavy (non-hydrogen) atoms. The van der Waals surface area contributed by atoms with Crippen LogP contribution in [0.5, 0.6) is 0 Å². The maximum atomic E-state index is 13.0. The standard InChI is InChI=1S/C77H136O6/c1-4-7-10-13-16-19-22-25-28-31-33-35-36-37-38-39-40-42-43-46-49-52-55-58-61-64-67-70-76(79)82-73-74(72-81-75(78)69-66-63-60-57-54-51-48-45-30-27-24-21-18-15-12-9-6-3)83-77(80)71-68-65-62-59-56-53-50-47-44-41-34-32-29-26-23-20-17-14-11-8-5-2/h7,10,16,19,23,25-26,28,32-35,37-38,74H,4-6,8-9,11-15,17-18,20-22,24,27,29-31,36,39-73H2,1-3H3/b10-7-,19-16-,26-23-,28-25-,34-32-,35-33-,38-37-. The highest BCUT2D eigenvalue weighted by atomic mass is 16.6. The number of carbonyl (C=O) groups excluding carboxylic acids is 3. The van der Waals surface area contributed by atoms with Gasteiger partial charge in [0.15, 0.2) is 6.10 Å². The normalized spacial score (nSPS) is 12.6. The number of ether oxygens (including phenoxy) is 3. The Bertz CT molecular complexity index is 1570. The first-order valence-corrected chi connectivity index (χ1v) is 36.1. The largest absolute Gasteiger partial charge is 0.462 e. The quantitative estimate of drug-likeness (QED) is 0.0261. The van der Waals surface area contributed by atoms with Gasteiger partial charge in [-0.05, 0) is 96.3 Å². The van der Waals surface area contributed by atoms with E-state index in [1.165, 1.54) is 231 Å². The van der Waals surface area contributed by atoms with Crippen LogP contribution in [-0.2, 0) is 28.6 Å². The highest BCUT2D eigenvalue weighted by molar-refractivity contribution is 5.71. The van der Waals surface area contributed by atoms with Crippen LogP contribution in [0.15, 0.2) is 85.1 Å². The van der Waals surface area contributed by atoms with Crippen LogP contribution in [0.25, 0.3) is 0 Å². The van der Waals surface area contributed by atoms with Crippen molar-refractivity contribution in [1.82, 2.24) is 0 Å². The number of carbonyl (C=O) groups is 3. The molecule has 0 fully saturated rings. The van der Waals surface area contributed by atoms with E-state index >= 15 is 0 Å². The number of esters is 3. The van der Waals surface area contributed by atoms with E-state index in [9.17, 15) is 14.4 Å². The van der Waals surface area contributed by atoms with Crippen LogP contribution in [0.4, 0.5) is 0 Å². The zero-order valence-electron chi connectivity index (χ0n) is 55.2. The van der Waals surface area contributed by atoms with Crippen molar-refractivity contribution < 1.29 is 28.6 Å². The van der Waals surface area contributed by atoms with Crippen molar-refractivity contribution in [3.8, 4) is 0 Å². The van der Waals surface area contributed by atoms with Gasteiger partial charge in [-0.2, -0.15) is 0 Å². The van der Waals surface area contributed by atoms with Crippen LogP contribution in [0.2, 0.25) is 0 Å². The van der Waals surface area contributed by atoms with Gasteiger partial charge in [-0.15, -0.1) is 0 Å². The SMILES string of the molecule is CC/C=C\C/C=C\C/C=C\C/C=C\C/C=C\CCCCCCCCCCCCCC(=O)OCC(COC(=O)CCCCCCCCCCCCCCCCCCC)OC(=O)CCCCCCCCCCC/C=C\C/C=C\CCCCCCC. The fourth-order valence-corrected chi connectivity index (χ4v) is 10.5. The molecule has 0 heterocycles. The summed E-state index contributed by atoms with van der Waals surface area (Å²) in [5, 5.41) is 0. The molecule has 1 atom stereocenters. The first kappa shape index (κ1) is 79.6. The fourth-order valence-electron chi connectivity index (χ4n) is 10.5. The molecule has 1 unspecified atom stereocenters. The van der Waals surface area contributed by atoms with Gasteiger partial charge in [0.2, 0.25) is 0 Å². The Morgan fingerprint density at radius 1 is 0.253 bits per heavy atom. The minimum Gasteiger partial charge on any atom is -0.462 e. The van der Waals surface area contributed by atoms with Crippen molar-refractivity contribution in [2.24, 2.45) is 0 Å². The van der Waals surface area contributed by atoms with E-state index in [1.807, 2.05) is 0 Å². The van der Waals surface area contributed by atoms with Crippen molar-refractivity contribution in [3.05, 3.63) is 85.1 Å². The Hall–Kier alpha value is -3.41. The van der Waals surface area contributed by atoms with Gasteiger partial charge in [-0.3, -0.25) is 14.4 Å². The van der Waals surface area contributed by atoms with E-state index in [4.69, 9.17) is 14.2 Å². The van der Waals surface area contributed by atoms with E-state index < -0.39 is 6.10 Å². The Morgan fingerprint density at radius 3 is 0.735 bits per heavy atom. The summed E-state index contributed by atoms with van der Waals surface area (Å²) in [6.45, 7) is 6.57. The second-order valence-electron chi connectivity index (χ2n) is 24.1. The fraction of sp³-hybridized carbons (Fsp3) is 0.779. The van der Waals surface area contributed by atoms with Crippen molar-refractivity contribution in [1.29, 1.82) is 0 Å². The molecule has 0 saturated heterocycles. The maximum Gasteiger partial charge on any atom is 0.306 e. The molecule has 0 aliphatic carbocycles. The van der Waals surface area contributed by atoms with Gasteiger partial charge < -0.3 is 14.2 Å². The van der Waals surface area contributed by atoms with E-state index in [0.717, 1.165) is 96.3 Å². The molecular weight excluding hydrogens is 1020 g/mol. The smallest absolute Gasteiger partial charge is 0.306 e. The summed E-state index contributed by atoms with van der Waals surface area (Å²) >= 11 is 0. The summed E-state index contributed by atoms with van der Waals surface area (Å²) in [7, 11) is 0. The number of hydrogen-bond acceptors (Lipinski definition) is 6. The lowest BCUT2D eigenvalue weighted by Gasteiger charge is -2.18. The van der Waals surface area contributed by atoms with Gasteiger partial charge in [0.1, 0.15) is 13.2 Å². The van der Waals surface area contributed by atoms with E-state index in [0.29, 0.717) is 19.3 Å². The molecule has 0 amide bonds. The van der Waals surface area contributed by atoms with Crippen molar-refractivity contribution in [2.75, 3.05) is 13.2 Å². The van der Waals surface area contributed by atoms with Crippen LogP contribution >= 0.6 is 0 Å². The molecule has 6 heteroatoms. The molecule has 0 N–H and O–H groups in total. The minimum atomic E-state index is -0.780. The van der Waals surface area contributed by atoms with E-state index in [2.05, 4.69) is 106 Å². The van der Waals surface area contributed by atoms with Gasteiger partial charge in [0.25, 0.3) is 0 Å². The zero-order valence-corrected chi connectivity index (χ0v) is 55.2. The molecule has 0 radical (unpaired) electrons. The van der Waals surface area contributed by atoms with Crippen LogP contribution < -0.4 is 0 Å². The van der Waals surface area contributed by atoms with Crippen LogP contribution in [0.1, 0.15) is 367 Å². The first-order chi connectivity index (χ1) is 41.0. The molecule has 480 valence electrons. The third-order valence-electron chi connectivity index (χ3n) is 15.9. The second-order valence-corrected chi connectivity index (χ2v) is 24.1. The summed E-state index contributed by atoms with van der Waals surface area (Å²) in [5.41, 5.74) is 0. The topological polar surface area (TPSA) is 78.9 Å². The van der Waals surface area contributed by atoms with Gasteiger partial charge in [-0.1, -0.05) is 337 Å². The Balaban J connectivity index is 4.33. The summed E-state index contributed by atoms with van der Waals surface area (Å²) in [6.07, 6.45) is 94.6. The Labute approximate surface area is 515 Å². The number of rotatable bonds is 66. The average molecular weight is 1160 g/mol. The molecule has 0 aromatic rings. The lowest BCUT2D eigenvalue weighted by atomic mass is 10.0. The summed E-state index contributed by atoms with van der Waals surface area (Å²) in [4.78, 5) is 38.5. The average Bonchev–Trinajstić information content (AvgIpc) is 3.49. The summed E-state index contributed by atoms with van der Waals surface area (Å²) in [5.74, 6) is -0.860. The molecule has 0 aromatic carbocycles. The Kier molecular flexibility index (Phi) is 68.2. The molecule has 0 bridgehead atoms. The van der Waals surface area contributed by atoms with Crippen LogP contribution in [0, 0.1) is 0 Å². The predicted molar refractivity (Wildman–Crippen MR) is 362 cm³/mol. The third kappa shape index (κ3) is 69.3. The van der Waals surface area contributed by atoms with Gasteiger partial charge in [-0.25, -0.2) is 0 Å². The molecular formula is C77H136O6. The van der Waals surface area contributed by atoms with Gasteiger partial charge in [0, 0.05) is 19.3 Å². The highest BCUT2D eigenvalue weighted by Crippen LogP contribution is 2.18. The van der Waals surface area contributed by atoms with Gasteiger partial charge in [0.05, 0.1) is 0 Å². The molecule has 0 saturated carbocycles. The number of allylic oxidation sites excluding steroid dienone is 14. The third-order valence-corrected chi connectivity index (χ3v) is 15.9. The Morgan fingerprint density at radius 2 is 0.470 bits per heavy atom. The van der Waals surface area contributed by atoms with Crippen molar-refractivity contribution >= 4 is 17.9 Å². The minimum absolute atomic E-state index is 0.0745. The van der Waals surface area contributed by atoms with Crippen molar-refractivity contribution in [2.45, 2.75) is 374 Å². The lowest BCUT2D eigenvalue weighted by molar-refractivity contribution is -0.167. The number of unbranched alkanes of at least 4 members (excludes halogenated alkanes) is 41. The molecule has 0 aromatic heterocycles. The molecule has 0 aliphatic heterocycles. The van der Waals surface area contributed by atoms with Crippen molar-refractivity contribution in [3.63, 3.8) is 0 Å². The maximum absolute atomic E-state index is 13.0. The molecule has 0 rings (SSSR count). The van der Waals surface area contributed by atoms with E-state index in [-0.39, 0.29) is 31.1 Å².